The van der Waals surface area contributed by atoms with Crippen molar-refractivity contribution in [1.29, 1.82) is 0 Å². The molecule has 118 valence electrons. The minimum Gasteiger partial charge on any atom is -0.491 e. The summed E-state index contributed by atoms with van der Waals surface area (Å²) in [5.41, 5.74) is 2.31. The summed E-state index contributed by atoms with van der Waals surface area (Å²) in [4.78, 5) is 4.33. The van der Waals surface area contributed by atoms with E-state index in [-0.39, 0.29) is 11.9 Å². The molecule has 2 nitrogen and oxygen atoms in total. The summed E-state index contributed by atoms with van der Waals surface area (Å²) in [7, 11) is 0. The molecule has 0 aliphatic carbocycles. The van der Waals surface area contributed by atoms with Crippen LogP contribution in [0.2, 0.25) is 0 Å². The molecular formula is C19H24FNO. The molecule has 0 spiro atoms. The number of nitrogens with zero attached hydrogens (tertiary/aromatic N) is 1. The van der Waals surface area contributed by atoms with Crippen molar-refractivity contribution in [1.82, 2.24) is 4.98 Å². The molecule has 0 aliphatic rings. The molecule has 0 unspecified atom stereocenters. The Labute approximate surface area is 132 Å². The molecule has 0 N–H and O–H groups in total. The van der Waals surface area contributed by atoms with Gasteiger partial charge in [0.05, 0.1) is 11.8 Å². The van der Waals surface area contributed by atoms with Crippen LogP contribution in [-0.2, 0) is 6.42 Å². The van der Waals surface area contributed by atoms with Crippen LogP contribution in [0.3, 0.4) is 0 Å². The van der Waals surface area contributed by atoms with Crippen LogP contribution in [0.25, 0.3) is 11.3 Å². The van der Waals surface area contributed by atoms with Crippen molar-refractivity contribution in [3.63, 3.8) is 0 Å². The third kappa shape index (κ3) is 4.30. The highest BCUT2D eigenvalue weighted by Crippen LogP contribution is 2.26. The van der Waals surface area contributed by atoms with E-state index in [1.807, 2.05) is 25.1 Å². The molecule has 0 bridgehead atoms. The number of hydrogen-bond acceptors (Lipinski definition) is 2. The van der Waals surface area contributed by atoms with Crippen molar-refractivity contribution in [2.45, 2.75) is 52.6 Å². The zero-order valence-corrected chi connectivity index (χ0v) is 13.6. The number of ether oxygens (including phenoxy) is 1. The fraction of sp³-hybridized carbons (Fsp3) is 0.421. The molecule has 0 saturated heterocycles. The van der Waals surface area contributed by atoms with Crippen molar-refractivity contribution in [3.05, 3.63) is 47.9 Å². The van der Waals surface area contributed by atoms with Crippen LogP contribution in [0.4, 0.5) is 4.39 Å². The lowest BCUT2D eigenvalue weighted by atomic mass is 10.1. The van der Waals surface area contributed by atoms with Gasteiger partial charge in [-0.3, -0.25) is 4.98 Å². The number of hydrogen-bond donors (Lipinski definition) is 0. The predicted octanol–water partition coefficient (Wildman–Crippen LogP) is 5.41. The summed E-state index contributed by atoms with van der Waals surface area (Å²) in [6, 6.07) is 8.86. The molecule has 1 atom stereocenters. The fourth-order valence-corrected chi connectivity index (χ4v) is 2.35. The molecular weight excluding hydrogens is 277 g/mol. The van der Waals surface area contributed by atoms with Gasteiger partial charge in [-0.15, -0.1) is 0 Å². The molecule has 1 heterocycles. The van der Waals surface area contributed by atoms with Gasteiger partial charge in [0.15, 0.2) is 0 Å². The largest absolute Gasteiger partial charge is 0.491 e. The summed E-state index contributed by atoms with van der Waals surface area (Å²) >= 11 is 0. The Morgan fingerprint density at radius 3 is 2.59 bits per heavy atom. The maximum Gasteiger partial charge on any atom is 0.136 e. The lowest BCUT2D eigenvalue weighted by Gasteiger charge is -2.15. The van der Waals surface area contributed by atoms with E-state index in [9.17, 15) is 4.39 Å². The van der Waals surface area contributed by atoms with Gasteiger partial charge in [-0.2, -0.15) is 0 Å². The molecule has 0 amide bonds. The Kier molecular flexibility index (Phi) is 5.93. The highest BCUT2D eigenvalue weighted by atomic mass is 19.1. The Morgan fingerprint density at radius 1 is 1.18 bits per heavy atom. The number of pyridine rings is 1. The Bertz CT molecular complexity index is 595. The predicted molar refractivity (Wildman–Crippen MR) is 88.6 cm³/mol. The van der Waals surface area contributed by atoms with E-state index in [2.05, 4.69) is 18.8 Å². The van der Waals surface area contributed by atoms with Gasteiger partial charge in [0.25, 0.3) is 0 Å². The van der Waals surface area contributed by atoms with Gasteiger partial charge in [-0.05, 0) is 43.5 Å². The van der Waals surface area contributed by atoms with Crippen molar-refractivity contribution < 1.29 is 9.13 Å². The average molecular weight is 301 g/mol. The zero-order chi connectivity index (χ0) is 15.9. The van der Waals surface area contributed by atoms with Crippen LogP contribution < -0.4 is 4.74 Å². The lowest BCUT2D eigenvalue weighted by Crippen LogP contribution is -2.11. The number of aryl methyl sites for hydroxylation is 1. The second-order valence-corrected chi connectivity index (χ2v) is 5.62. The molecule has 22 heavy (non-hydrogen) atoms. The van der Waals surface area contributed by atoms with Crippen LogP contribution in [-0.4, -0.2) is 11.1 Å². The van der Waals surface area contributed by atoms with Crippen molar-refractivity contribution in [2.24, 2.45) is 0 Å². The molecule has 3 heteroatoms. The highest BCUT2D eigenvalue weighted by Gasteiger charge is 2.10. The van der Waals surface area contributed by atoms with E-state index in [1.165, 1.54) is 6.07 Å². The number of aromatic nitrogens is 1. The second kappa shape index (κ2) is 7.92. The van der Waals surface area contributed by atoms with E-state index in [1.54, 1.807) is 12.3 Å². The number of rotatable bonds is 7. The van der Waals surface area contributed by atoms with Gasteiger partial charge >= 0.3 is 0 Å². The quantitative estimate of drug-likeness (QED) is 0.682. The van der Waals surface area contributed by atoms with Crippen molar-refractivity contribution >= 4 is 0 Å². The molecule has 0 fully saturated rings. The summed E-state index contributed by atoms with van der Waals surface area (Å²) < 4.78 is 20.1. The van der Waals surface area contributed by atoms with E-state index >= 15 is 0 Å². The van der Waals surface area contributed by atoms with Gasteiger partial charge in [0.2, 0.25) is 0 Å². The first-order valence-electron chi connectivity index (χ1n) is 8.05. The third-order valence-corrected chi connectivity index (χ3v) is 3.75. The van der Waals surface area contributed by atoms with Gasteiger partial charge in [-0.25, -0.2) is 4.39 Å². The average Bonchev–Trinajstić information content (AvgIpc) is 2.53. The first-order chi connectivity index (χ1) is 10.6. The summed E-state index contributed by atoms with van der Waals surface area (Å²) in [5, 5.41) is 0. The summed E-state index contributed by atoms with van der Waals surface area (Å²) in [6.07, 6.45) is 6.08. The number of benzene rings is 1. The lowest BCUT2D eigenvalue weighted by molar-refractivity contribution is 0.206. The van der Waals surface area contributed by atoms with Gasteiger partial charge in [-0.1, -0.05) is 32.8 Å². The smallest absolute Gasteiger partial charge is 0.136 e. The molecule has 0 aliphatic heterocycles. The van der Waals surface area contributed by atoms with Gasteiger partial charge in [0.1, 0.15) is 11.6 Å². The highest BCUT2D eigenvalue weighted by molar-refractivity contribution is 5.61. The maximum atomic E-state index is 14.3. The maximum absolute atomic E-state index is 14.3. The molecule has 1 aromatic heterocycles. The standard InChI is InChI=1S/C19H24FNO/c1-4-6-7-14(3)22-16-9-10-17(18(20)12-16)19-11-8-15(5-2)13-21-19/h8-14H,4-7H2,1-3H3/t14-/m0/s1. The van der Waals surface area contributed by atoms with Crippen LogP contribution in [0.5, 0.6) is 5.75 Å². The first-order valence-corrected chi connectivity index (χ1v) is 8.05. The first kappa shape index (κ1) is 16.5. The van der Waals surface area contributed by atoms with Gasteiger partial charge < -0.3 is 4.74 Å². The number of halogens is 1. The molecule has 2 rings (SSSR count). The molecule has 1 aromatic carbocycles. The van der Waals surface area contributed by atoms with E-state index in [0.717, 1.165) is 31.2 Å². The number of unbranched alkanes of at least 4 members (excludes halogenated alkanes) is 1. The third-order valence-electron chi connectivity index (χ3n) is 3.75. The molecule has 0 radical (unpaired) electrons. The van der Waals surface area contributed by atoms with Gasteiger partial charge in [0, 0.05) is 17.8 Å². The van der Waals surface area contributed by atoms with Crippen molar-refractivity contribution in [2.75, 3.05) is 0 Å². The second-order valence-electron chi connectivity index (χ2n) is 5.62. The molecule has 2 aromatic rings. The summed E-state index contributed by atoms with van der Waals surface area (Å²) in [5.74, 6) is 0.284. The minimum absolute atomic E-state index is 0.104. The summed E-state index contributed by atoms with van der Waals surface area (Å²) in [6.45, 7) is 6.24. The van der Waals surface area contributed by atoms with Crippen LogP contribution in [0.1, 0.15) is 45.6 Å². The van der Waals surface area contributed by atoms with Crippen LogP contribution >= 0.6 is 0 Å². The van der Waals surface area contributed by atoms with Crippen LogP contribution in [0, 0.1) is 5.82 Å². The van der Waals surface area contributed by atoms with E-state index in [0.29, 0.717) is 17.0 Å². The molecule has 0 saturated carbocycles. The van der Waals surface area contributed by atoms with E-state index < -0.39 is 0 Å². The fourth-order valence-electron chi connectivity index (χ4n) is 2.35. The normalized spacial score (nSPS) is 12.2. The zero-order valence-electron chi connectivity index (χ0n) is 13.6. The Balaban J connectivity index is 2.11. The van der Waals surface area contributed by atoms with Crippen LogP contribution in [0.15, 0.2) is 36.5 Å². The SMILES string of the molecule is CCCC[C@H](C)Oc1ccc(-c2ccc(CC)cn2)c(F)c1. The van der Waals surface area contributed by atoms with E-state index in [4.69, 9.17) is 4.74 Å². The van der Waals surface area contributed by atoms with Crippen molar-refractivity contribution in [3.8, 4) is 17.0 Å². The topological polar surface area (TPSA) is 22.1 Å². The monoisotopic (exact) mass is 301 g/mol. The minimum atomic E-state index is -0.295. The Morgan fingerprint density at radius 2 is 2.00 bits per heavy atom. The Hall–Kier alpha value is -1.90.